The molecule has 0 radical (unpaired) electrons. The predicted molar refractivity (Wildman–Crippen MR) is 106 cm³/mol. The highest BCUT2D eigenvalue weighted by Crippen LogP contribution is 2.31. The molecule has 0 saturated heterocycles. The van der Waals surface area contributed by atoms with E-state index in [9.17, 15) is 14.4 Å². The number of aromatic nitrogens is 1. The van der Waals surface area contributed by atoms with E-state index in [0.717, 1.165) is 12.0 Å². The lowest BCUT2D eigenvalue weighted by Gasteiger charge is -2.29. The summed E-state index contributed by atoms with van der Waals surface area (Å²) in [4.78, 5) is 38.7. The van der Waals surface area contributed by atoms with Gasteiger partial charge in [-0.25, -0.2) is 4.79 Å². The highest BCUT2D eigenvalue weighted by Gasteiger charge is 2.28. The van der Waals surface area contributed by atoms with Crippen molar-refractivity contribution in [3.05, 3.63) is 87.7 Å². The minimum Gasteiger partial charge on any atom is -0.465 e. The second kappa shape index (κ2) is 7.79. The maximum Gasteiger partial charge on any atom is 0.338 e. The maximum atomic E-state index is 13.1. The molecule has 0 atom stereocenters. The summed E-state index contributed by atoms with van der Waals surface area (Å²) in [5, 5.41) is 0. The van der Waals surface area contributed by atoms with E-state index in [-0.39, 0.29) is 23.8 Å². The molecule has 0 unspecified atom stereocenters. The first-order chi connectivity index (χ1) is 14.1. The van der Waals surface area contributed by atoms with Crippen molar-refractivity contribution < 1.29 is 18.7 Å². The van der Waals surface area contributed by atoms with Gasteiger partial charge in [-0.15, -0.1) is 0 Å². The molecule has 0 saturated carbocycles. The molecule has 4 rings (SSSR count). The third kappa shape index (κ3) is 3.59. The SMILES string of the molecule is COC(=O)c1cccc2c1CCCN2C(=O)c1ccc(Cn2ccccc2=O)o1. The van der Waals surface area contributed by atoms with Gasteiger partial charge in [0.25, 0.3) is 11.5 Å². The molecule has 7 nitrogen and oxygen atoms in total. The van der Waals surface area contributed by atoms with Crippen LogP contribution in [0.5, 0.6) is 0 Å². The van der Waals surface area contributed by atoms with E-state index in [2.05, 4.69) is 0 Å². The molecule has 2 aromatic heterocycles. The summed E-state index contributed by atoms with van der Waals surface area (Å²) in [6.45, 7) is 0.778. The van der Waals surface area contributed by atoms with Crippen molar-refractivity contribution in [3.8, 4) is 0 Å². The van der Waals surface area contributed by atoms with Crippen molar-refractivity contribution in [1.82, 2.24) is 4.57 Å². The van der Waals surface area contributed by atoms with Gasteiger partial charge in [-0.2, -0.15) is 0 Å². The van der Waals surface area contributed by atoms with Crippen LogP contribution in [0.2, 0.25) is 0 Å². The van der Waals surface area contributed by atoms with Crippen LogP contribution in [-0.2, 0) is 17.7 Å². The minimum atomic E-state index is -0.412. The number of hydrogen-bond donors (Lipinski definition) is 0. The number of carbonyl (C=O) groups is 2. The van der Waals surface area contributed by atoms with Crippen LogP contribution in [0.3, 0.4) is 0 Å². The summed E-state index contributed by atoms with van der Waals surface area (Å²) < 4.78 is 12.1. The number of hydrogen-bond acceptors (Lipinski definition) is 5. The van der Waals surface area contributed by atoms with Crippen LogP contribution < -0.4 is 10.5 Å². The lowest BCUT2D eigenvalue weighted by Crippen LogP contribution is -2.36. The van der Waals surface area contributed by atoms with E-state index in [1.807, 2.05) is 6.07 Å². The summed E-state index contributed by atoms with van der Waals surface area (Å²) in [6, 6.07) is 13.5. The fraction of sp³-hybridized carbons (Fsp3) is 0.227. The Bertz CT molecular complexity index is 1130. The van der Waals surface area contributed by atoms with Gasteiger partial charge in [0.15, 0.2) is 5.76 Å². The average molecular weight is 392 g/mol. The molecule has 3 heterocycles. The average Bonchev–Trinajstić information content (AvgIpc) is 3.22. The molecule has 0 bridgehead atoms. The van der Waals surface area contributed by atoms with E-state index < -0.39 is 5.97 Å². The summed E-state index contributed by atoms with van der Waals surface area (Å²) in [5.41, 5.74) is 1.84. The molecule has 1 aliphatic rings. The van der Waals surface area contributed by atoms with Crippen molar-refractivity contribution in [2.24, 2.45) is 0 Å². The number of anilines is 1. The van der Waals surface area contributed by atoms with Gasteiger partial charge >= 0.3 is 5.97 Å². The molecular formula is C22H20N2O5. The zero-order valence-corrected chi connectivity index (χ0v) is 16.0. The van der Waals surface area contributed by atoms with E-state index in [1.54, 1.807) is 47.5 Å². The third-order valence-electron chi connectivity index (χ3n) is 5.00. The van der Waals surface area contributed by atoms with Crippen LogP contribution in [-0.4, -0.2) is 30.1 Å². The van der Waals surface area contributed by atoms with Crippen LogP contribution in [0.4, 0.5) is 5.69 Å². The topological polar surface area (TPSA) is 81.8 Å². The summed E-state index contributed by atoms with van der Waals surface area (Å²) in [6.07, 6.45) is 3.10. The monoisotopic (exact) mass is 392 g/mol. The second-order valence-corrected chi connectivity index (χ2v) is 6.79. The largest absolute Gasteiger partial charge is 0.465 e. The van der Waals surface area contributed by atoms with Gasteiger partial charge in [-0.05, 0) is 48.7 Å². The molecule has 0 fully saturated rings. The zero-order valence-electron chi connectivity index (χ0n) is 16.0. The molecule has 148 valence electrons. The molecule has 1 amide bonds. The van der Waals surface area contributed by atoms with Crippen LogP contribution in [0.25, 0.3) is 0 Å². The van der Waals surface area contributed by atoms with Gasteiger partial charge in [0.2, 0.25) is 0 Å². The van der Waals surface area contributed by atoms with Crippen LogP contribution >= 0.6 is 0 Å². The number of carbonyl (C=O) groups excluding carboxylic acids is 2. The number of esters is 1. The Balaban J connectivity index is 1.61. The Morgan fingerprint density at radius 1 is 1.10 bits per heavy atom. The highest BCUT2D eigenvalue weighted by molar-refractivity contribution is 6.06. The number of amides is 1. The van der Waals surface area contributed by atoms with Gasteiger partial charge in [-0.3, -0.25) is 9.59 Å². The molecule has 0 aliphatic carbocycles. The molecule has 1 aromatic carbocycles. The third-order valence-corrected chi connectivity index (χ3v) is 5.00. The van der Waals surface area contributed by atoms with E-state index in [1.165, 1.54) is 17.7 Å². The Labute approximate surface area is 167 Å². The fourth-order valence-electron chi connectivity index (χ4n) is 3.61. The predicted octanol–water partition coefficient (Wildman–Crippen LogP) is 2.87. The number of methoxy groups -OCH3 is 1. The minimum absolute atomic E-state index is 0.142. The molecule has 3 aromatic rings. The molecule has 29 heavy (non-hydrogen) atoms. The van der Waals surface area contributed by atoms with Gasteiger partial charge < -0.3 is 18.6 Å². The van der Waals surface area contributed by atoms with Gasteiger partial charge in [0.1, 0.15) is 5.76 Å². The number of benzene rings is 1. The van der Waals surface area contributed by atoms with Gasteiger partial charge in [0.05, 0.1) is 19.2 Å². The standard InChI is InChI=1S/C22H20N2O5/c1-28-22(27)17-6-4-8-18-16(17)7-5-13-24(18)21(26)19-11-10-15(29-19)14-23-12-3-2-9-20(23)25/h2-4,6,8-12H,5,7,13-14H2,1H3. The van der Waals surface area contributed by atoms with Crippen molar-refractivity contribution >= 4 is 17.6 Å². The summed E-state index contributed by atoms with van der Waals surface area (Å²) in [7, 11) is 1.34. The number of ether oxygens (including phenoxy) is 1. The van der Waals surface area contributed by atoms with Crippen LogP contribution in [0, 0.1) is 0 Å². The highest BCUT2D eigenvalue weighted by atomic mass is 16.5. The fourth-order valence-corrected chi connectivity index (χ4v) is 3.61. The first-order valence-corrected chi connectivity index (χ1v) is 9.34. The smallest absolute Gasteiger partial charge is 0.338 e. The number of pyridine rings is 1. The summed E-state index contributed by atoms with van der Waals surface area (Å²) >= 11 is 0. The summed E-state index contributed by atoms with van der Waals surface area (Å²) in [5.74, 6) is 0.0202. The molecule has 0 spiro atoms. The molecule has 7 heteroatoms. The Kier molecular flexibility index (Phi) is 5.03. The van der Waals surface area contributed by atoms with Crippen molar-refractivity contribution in [1.29, 1.82) is 0 Å². The first kappa shape index (κ1) is 18.7. The lowest BCUT2D eigenvalue weighted by atomic mass is 9.96. The quantitative estimate of drug-likeness (QED) is 0.638. The Morgan fingerprint density at radius 3 is 2.76 bits per heavy atom. The number of rotatable bonds is 4. The number of furan rings is 1. The Morgan fingerprint density at radius 2 is 1.97 bits per heavy atom. The van der Waals surface area contributed by atoms with Gasteiger partial charge in [0, 0.05) is 24.5 Å². The molecule has 0 N–H and O–H groups in total. The van der Waals surface area contributed by atoms with Gasteiger partial charge in [-0.1, -0.05) is 12.1 Å². The van der Waals surface area contributed by atoms with Crippen molar-refractivity contribution in [3.63, 3.8) is 0 Å². The lowest BCUT2D eigenvalue weighted by molar-refractivity contribution is 0.0599. The normalized spacial score (nSPS) is 13.1. The van der Waals surface area contributed by atoms with E-state index in [4.69, 9.17) is 9.15 Å². The Hall–Kier alpha value is -3.61. The van der Waals surface area contributed by atoms with E-state index >= 15 is 0 Å². The maximum absolute atomic E-state index is 13.1. The van der Waals surface area contributed by atoms with Crippen molar-refractivity contribution in [2.45, 2.75) is 19.4 Å². The number of fused-ring (bicyclic) bond motifs is 1. The number of nitrogens with zero attached hydrogens (tertiary/aromatic N) is 2. The first-order valence-electron chi connectivity index (χ1n) is 9.34. The molecule has 1 aliphatic heterocycles. The molecular weight excluding hydrogens is 372 g/mol. The van der Waals surface area contributed by atoms with Crippen molar-refractivity contribution in [2.75, 3.05) is 18.6 Å². The second-order valence-electron chi connectivity index (χ2n) is 6.79. The zero-order chi connectivity index (χ0) is 20.4. The van der Waals surface area contributed by atoms with Crippen LogP contribution in [0.1, 0.15) is 38.7 Å². The van der Waals surface area contributed by atoms with Crippen LogP contribution in [0.15, 0.2) is 63.9 Å². The van der Waals surface area contributed by atoms with E-state index in [0.29, 0.717) is 30.0 Å².